The topological polar surface area (TPSA) is 84.0 Å². The molecular formula is C20H24N4O4S. The van der Waals surface area contributed by atoms with Crippen LogP contribution in [0.1, 0.15) is 32.8 Å². The number of carbonyl (C=O) groups excluding carboxylic acids is 2. The van der Waals surface area contributed by atoms with Crippen LogP contribution in [0.4, 0.5) is 14.7 Å². The Morgan fingerprint density at radius 2 is 2.21 bits per heavy atom. The van der Waals surface area contributed by atoms with Crippen molar-refractivity contribution >= 4 is 38.8 Å². The number of carbonyl (C=O) groups is 2. The molecule has 0 unspecified atom stereocenters. The van der Waals surface area contributed by atoms with Gasteiger partial charge in [0.05, 0.1) is 28.9 Å². The molecule has 9 heteroatoms. The van der Waals surface area contributed by atoms with Gasteiger partial charge in [0.25, 0.3) is 0 Å². The predicted octanol–water partition coefficient (Wildman–Crippen LogP) is 3.14. The maximum atomic E-state index is 12.8. The lowest BCUT2D eigenvalue weighted by Gasteiger charge is -2.37. The van der Waals surface area contributed by atoms with E-state index in [1.165, 1.54) is 11.3 Å². The van der Waals surface area contributed by atoms with E-state index < -0.39 is 5.60 Å². The van der Waals surface area contributed by atoms with Crippen LogP contribution in [0.2, 0.25) is 0 Å². The molecule has 8 nitrogen and oxygen atoms in total. The Hall–Kier alpha value is -2.55. The number of benzene rings is 1. The highest BCUT2D eigenvalue weighted by Crippen LogP contribution is 2.39. The summed E-state index contributed by atoms with van der Waals surface area (Å²) in [5.74, 6) is 0.881. The standard InChI is InChI=1S/C20H24N4O4S/c1-20(2,3)28-19(26)23-8-6-12-13(10-23)24(17(25)21-12)18-22-16-11-7-9-27-14(11)4-5-15(16)29-18/h4-5,12-13H,6-10H2,1-3H3,(H,21,25)/t12-,13-/m0/s1. The summed E-state index contributed by atoms with van der Waals surface area (Å²) in [5, 5.41) is 3.72. The lowest BCUT2D eigenvalue weighted by Crippen LogP contribution is -2.54. The summed E-state index contributed by atoms with van der Waals surface area (Å²) >= 11 is 1.50. The molecule has 2 saturated heterocycles. The summed E-state index contributed by atoms with van der Waals surface area (Å²) in [4.78, 5) is 33.5. The number of hydrogen-bond donors (Lipinski definition) is 1. The minimum absolute atomic E-state index is 0.00208. The summed E-state index contributed by atoms with van der Waals surface area (Å²) in [6.45, 7) is 7.22. The Kier molecular flexibility index (Phi) is 4.13. The molecule has 0 spiro atoms. The molecule has 2 atom stereocenters. The molecular weight excluding hydrogens is 392 g/mol. The second-order valence-electron chi connectivity index (χ2n) is 8.69. The maximum absolute atomic E-state index is 12.8. The van der Waals surface area contributed by atoms with Gasteiger partial charge in [-0.15, -0.1) is 0 Å². The third-order valence-electron chi connectivity index (χ3n) is 5.52. The van der Waals surface area contributed by atoms with Crippen molar-refractivity contribution in [2.24, 2.45) is 0 Å². The molecule has 2 aromatic rings. The molecule has 3 amide bonds. The largest absolute Gasteiger partial charge is 0.493 e. The molecule has 1 aromatic heterocycles. The van der Waals surface area contributed by atoms with Crippen molar-refractivity contribution in [2.75, 3.05) is 24.6 Å². The number of urea groups is 1. The summed E-state index contributed by atoms with van der Waals surface area (Å²) in [5.41, 5.74) is 1.48. The molecule has 0 saturated carbocycles. The van der Waals surface area contributed by atoms with Crippen molar-refractivity contribution < 1.29 is 19.1 Å². The molecule has 0 aliphatic carbocycles. The van der Waals surface area contributed by atoms with E-state index in [0.717, 1.165) is 28.0 Å². The zero-order valence-corrected chi connectivity index (χ0v) is 17.5. The molecule has 0 bridgehead atoms. The lowest BCUT2D eigenvalue weighted by atomic mass is 10.0. The number of ether oxygens (including phenoxy) is 2. The number of likely N-dealkylation sites (tertiary alicyclic amines) is 1. The van der Waals surface area contributed by atoms with Crippen LogP contribution in [-0.4, -0.2) is 59.4 Å². The number of nitrogens with zero attached hydrogens (tertiary/aromatic N) is 3. The Morgan fingerprint density at radius 3 is 3.00 bits per heavy atom. The first-order valence-electron chi connectivity index (χ1n) is 9.93. The fourth-order valence-electron chi connectivity index (χ4n) is 4.22. The zero-order valence-electron chi connectivity index (χ0n) is 16.7. The van der Waals surface area contributed by atoms with Gasteiger partial charge >= 0.3 is 12.1 Å². The number of aromatic nitrogens is 1. The average Bonchev–Trinajstić information content (AvgIpc) is 3.34. The van der Waals surface area contributed by atoms with E-state index in [0.29, 0.717) is 31.2 Å². The second-order valence-corrected chi connectivity index (χ2v) is 9.70. The molecule has 3 aliphatic rings. The minimum Gasteiger partial charge on any atom is -0.493 e. The van der Waals surface area contributed by atoms with Gasteiger partial charge in [-0.25, -0.2) is 14.6 Å². The number of thiazole rings is 1. The van der Waals surface area contributed by atoms with Gasteiger partial charge in [-0.1, -0.05) is 11.3 Å². The third kappa shape index (κ3) is 3.17. The highest BCUT2D eigenvalue weighted by Gasteiger charge is 2.46. The van der Waals surface area contributed by atoms with Gasteiger partial charge in [-0.3, -0.25) is 4.90 Å². The van der Waals surface area contributed by atoms with Crippen molar-refractivity contribution in [3.8, 4) is 5.75 Å². The molecule has 3 aliphatic heterocycles. The van der Waals surface area contributed by atoms with Gasteiger partial charge in [0.15, 0.2) is 5.13 Å². The van der Waals surface area contributed by atoms with Crippen molar-refractivity contribution in [3.63, 3.8) is 0 Å². The highest BCUT2D eigenvalue weighted by molar-refractivity contribution is 7.22. The molecule has 29 heavy (non-hydrogen) atoms. The number of hydrogen-bond acceptors (Lipinski definition) is 6. The first-order valence-corrected chi connectivity index (χ1v) is 10.7. The van der Waals surface area contributed by atoms with Crippen molar-refractivity contribution in [1.82, 2.24) is 15.2 Å². The van der Waals surface area contributed by atoms with Gasteiger partial charge in [0.2, 0.25) is 0 Å². The Bertz CT molecular complexity index is 998. The van der Waals surface area contributed by atoms with Crippen LogP contribution >= 0.6 is 11.3 Å². The Morgan fingerprint density at radius 1 is 1.38 bits per heavy atom. The van der Waals surface area contributed by atoms with E-state index in [1.54, 1.807) is 9.80 Å². The van der Waals surface area contributed by atoms with Crippen LogP contribution in [0.25, 0.3) is 10.2 Å². The van der Waals surface area contributed by atoms with E-state index in [9.17, 15) is 9.59 Å². The maximum Gasteiger partial charge on any atom is 0.410 e. The fourth-order valence-corrected chi connectivity index (χ4v) is 5.27. The van der Waals surface area contributed by atoms with E-state index in [2.05, 4.69) is 5.32 Å². The quantitative estimate of drug-likeness (QED) is 0.772. The van der Waals surface area contributed by atoms with Crippen LogP contribution in [0.3, 0.4) is 0 Å². The number of piperidine rings is 1. The molecule has 154 valence electrons. The number of anilines is 1. The third-order valence-corrected chi connectivity index (χ3v) is 6.54. The van der Waals surface area contributed by atoms with Gasteiger partial charge in [0, 0.05) is 25.1 Å². The van der Waals surface area contributed by atoms with Crippen molar-refractivity contribution in [3.05, 3.63) is 17.7 Å². The lowest BCUT2D eigenvalue weighted by molar-refractivity contribution is 0.0192. The van der Waals surface area contributed by atoms with Crippen molar-refractivity contribution in [1.29, 1.82) is 0 Å². The van der Waals surface area contributed by atoms with Crippen LogP contribution in [0.5, 0.6) is 5.75 Å². The summed E-state index contributed by atoms with van der Waals surface area (Å²) in [6, 6.07) is 3.67. The van der Waals surface area contributed by atoms with Crippen LogP contribution in [-0.2, 0) is 11.2 Å². The Labute approximate surface area is 172 Å². The molecule has 5 rings (SSSR count). The highest BCUT2D eigenvalue weighted by atomic mass is 32.1. The monoisotopic (exact) mass is 416 g/mol. The fraction of sp³-hybridized carbons (Fsp3) is 0.550. The molecule has 0 radical (unpaired) electrons. The summed E-state index contributed by atoms with van der Waals surface area (Å²) in [6.07, 6.45) is 1.19. The van der Waals surface area contributed by atoms with E-state index in [1.807, 2.05) is 32.9 Å². The predicted molar refractivity (Wildman–Crippen MR) is 110 cm³/mol. The summed E-state index contributed by atoms with van der Waals surface area (Å²) < 4.78 is 12.2. The summed E-state index contributed by atoms with van der Waals surface area (Å²) in [7, 11) is 0. The average molecular weight is 417 g/mol. The van der Waals surface area contributed by atoms with Gasteiger partial charge in [-0.2, -0.15) is 0 Å². The number of fused-ring (bicyclic) bond motifs is 4. The van der Waals surface area contributed by atoms with E-state index in [4.69, 9.17) is 14.5 Å². The van der Waals surface area contributed by atoms with Crippen LogP contribution in [0, 0.1) is 0 Å². The smallest absolute Gasteiger partial charge is 0.410 e. The van der Waals surface area contributed by atoms with E-state index >= 15 is 0 Å². The van der Waals surface area contributed by atoms with Crippen LogP contribution in [0.15, 0.2) is 12.1 Å². The van der Waals surface area contributed by atoms with Crippen molar-refractivity contribution in [2.45, 2.75) is 51.3 Å². The first kappa shape index (κ1) is 18.5. The number of rotatable bonds is 1. The second kappa shape index (κ2) is 6.48. The molecule has 1 N–H and O–H groups in total. The first-order chi connectivity index (χ1) is 13.8. The number of amides is 3. The Balaban J connectivity index is 1.43. The molecule has 1 aromatic carbocycles. The van der Waals surface area contributed by atoms with Crippen LogP contribution < -0.4 is 15.0 Å². The van der Waals surface area contributed by atoms with Gasteiger partial charge < -0.3 is 19.7 Å². The molecule has 4 heterocycles. The van der Waals surface area contributed by atoms with E-state index in [-0.39, 0.29) is 24.2 Å². The molecule has 2 fully saturated rings. The van der Waals surface area contributed by atoms with Gasteiger partial charge in [0.1, 0.15) is 11.4 Å². The SMILES string of the molecule is CC(C)(C)OC(=O)N1CC[C@@H]2NC(=O)N(c3nc4c5c(ccc4s3)OCC5)[C@H]2C1. The van der Waals surface area contributed by atoms with Gasteiger partial charge in [-0.05, 0) is 39.3 Å². The minimum atomic E-state index is -0.549. The zero-order chi connectivity index (χ0) is 20.3. The normalized spacial score (nSPS) is 23.6. The number of nitrogens with one attached hydrogen (secondary N) is 1.